The van der Waals surface area contributed by atoms with Crippen molar-refractivity contribution >= 4 is 17.5 Å². The molecule has 1 aliphatic heterocycles. The Bertz CT molecular complexity index is 1060. The van der Waals surface area contributed by atoms with Gasteiger partial charge >= 0.3 is 0 Å². The molecule has 0 aromatic carbocycles. The van der Waals surface area contributed by atoms with Crippen LogP contribution in [0.1, 0.15) is 30.8 Å². The fourth-order valence-electron chi connectivity index (χ4n) is 3.59. The Morgan fingerprint density at radius 1 is 1.30 bits per heavy atom. The number of aryl methyl sites for hydroxylation is 1. The predicted octanol–water partition coefficient (Wildman–Crippen LogP) is 2.12. The van der Waals surface area contributed by atoms with Gasteiger partial charge in [-0.05, 0) is 32.4 Å². The first kappa shape index (κ1) is 20.0. The van der Waals surface area contributed by atoms with Gasteiger partial charge in [-0.25, -0.2) is 15.0 Å². The van der Waals surface area contributed by atoms with Gasteiger partial charge in [0.1, 0.15) is 23.7 Å². The predicted molar refractivity (Wildman–Crippen MR) is 113 cm³/mol. The lowest BCUT2D eigenvalue weighted by Crippen LogP contribution is -2.33. The van der Waals surface area contributed by atoms with Gasteiger partial charge in [-0.1, -0.05) is 6.07 Å². The Balaban J connectivity index is 1.48. The van der Waals surface area contributed by atoms with E-state index in [4.69, 9.17) is 0 Å². The monoisotopic (exact) mass is 407 g/mol. The minimum absolute atomic E-state index is 0.171. The number of anilines is 2. The number of aliphatic hydroxyl groups is 1. The molecule has 1 aliphatic rings. The van der Waals surface area contributed by atoms with E-state index in [-0.39, 0.29) is 11.8 Å². The smallest absolute Gasteiger partial charge is 0.275 e. The van der Waals surface area contributed by atoms with E-state index in [9.17, 15) is 9.90 Å². The molecule has 4 rings (SSSR count). The standard InChI is InChI=1S/C21H25N7O2/c1-21(2,30)15-7-8-28(12-15)19-9-18(22-13-23-19)26-20(29)17-6-4-5-16(25-17)14-10-24-27(3)11-14/h4-6,9-11,13,15,30H,7-8,12H2,1-3H3,(H,22,23,26,29)/t15-/m1/s1. The molecule has 0 aliphatic carbocycles. The van der Waals surface area contributed by atoms with E-state index in [0.29, 0.717) is 23.8 Å². The van der Waals surface area contributed by atoms with Crippen molar-refractivity contribution in [1.29, 1.82) is 0 Å². The Morgan fingerprint density at radius 2 is 2.13 bits per heavy atom. The van der Waals surface area contributed by atoms with Gasteiger partial charge in [-0.2, -0.15) is 5.10 Å². The van der Waals surface area contributed by atoms with Crippen molar-refractivity contribution < 1.29 is 9.90 Å². The number of hydrogen-bond donors (Lipinski definition) is 2. The number of carbonyl (C=O) groups excluding carboxylic acids is 1. The molecule has 0 bridgehead atoms. The maximum Gasteiger partial charge on any atom is 0.275 e. The van der Waals surface area contributed by atoms with Crippen molar-refractivity contribution in [3.63, 3.8) is 0 Å². The van der Waals surface area contributed by atoms with Crippen LogP contribution < -0.4 is 10.2 Å². The largest absolute Gasteiger partial charge is 0.390 e. The highest BCUT2D eigenvalue weighted by molar-refractivity contribution is 6.02. The summed E-state index contributed by atoms with van der Waals surface area (Å²) in [5.74, 6) is 0.959. The molecule has 1 amide bonds. The van der Waals surface area contributed by atoms with Crippen LogP contribution in [-0.2, 0) is 7.05 Å². The van der Waals surface area contributed by atoms with Gasteiger partial charge in [-0.15, -0.1) is 0 Å². The number of nitrogens with one attached hydrogen (secondary N) is 1. The highest BCUT2D eigenvalue weighted by Gasteiger charge is 2.34. The first-order valence-electron chi connectivity index (χ1n) is 9.86. The van der Waals surface area contributed by atoms with Crippen molar-refractivity contribution in [3.8, 4) is 11.3 Å². The van der Waals surface area contributed by atoms with Gasteiger partial charge in [0.05, 0.1) is 17.5 Å². The number of carbonyl (C=O) groups is 1. The van der Waals surface area contributed by atoms with Crippen LogP contribution in [0.25, 0.3) is 11.3 Å². The van der Waals surface area contributed by atoms with Gasteiger partial charge in [0.25, 0.3) is 5.91 Å². The number of rotatable bonds is 5. The van der Waals surface area contributed by atoms with Crippen LogP contribution in [0.5, 0.6) is 0 Å². The molecule has 1 saturated heterocycles. The van der Waals surface area contributed by atoms with Crippen LogP contribution >= 0.6 is 0 Å². The second-order valence-electron chi connectivity index (χ2n) is 8.11. The van der Waals surface area contributed by atoms with Gasteiger partial charge in [0, 0.05) is 43.9 Å². The highest BCUT2D eigenvalue weighted by Crippen LogP contribution is 2.30. The minimum Gasteiger partial charge on any atom is -0.390 e. The van der Waals surface area contributed by atoms with Gasteiger partial charge in [0.2, 0.25) is 0 Å². The van der Waals surface area contributed by atoms with Crippen molar-refractivity contribution in [3.05, 3.63) is 48.7 Å². The molecule has 0 spiro atoms. The van der Waals surface area contributed by atoms with Crippen LogP contribution in [0, 0.1) is 5.92 Å². The van der Waals surface area contributed by atoms with Crippen molar-refractivity contribution in [2.75, 3.05) is 23.3 Å². The molecule has 2 N–H and O–H groups in total. The number of hydrogen-bond acceptors (Lipinski definition) is 7. The van der Waals surface area contributed by atoms with Gasteiger partial charge < -0.3 is 15.3 Å². The SMILES string of the molecule is Cn1cc(-c2cccc(C(=O)Nc3cc(N4CC[C@@H](C(C)(C)O)C4)ncn3)n2)cn1. The fraction of sp³-hybridized carbons (Fsp3) is 0.381. The third kappa shape index (κ3) is 4.30. The van der Waals surface area contributed by atoms with Crippen LogP contribution in [0.4, 0.5) is 11.6 Å². The minimum atomic E-state index is -0.732. The summed E-state index contributed by atoms with van der Waals surface area (Å²) in [6.45, 7) is 5.18. The van der Waals surface area contributed by atoms with Crippen LogP contribution in [0.2, 0.25) is 0 Å². The third-order valence-electron chi connectivity index (χ3n) is 5.39. The van der Waals surface area contributed by atoms with Crippen molar-refractivity contribution in [2.24, 2.45) is 13.0 Å². The van der Waals surface area contributed by atoms with Crippen molar-refractivity contribution in [2.45, 2.75) is 25.9 Å². The lowest BCUT2D eigenvalue weighted by molar-refractivity contribution is 0.0263. The Morgan fingerprint density at radius 3 is 2.83 bits per heavy atom. The average Bonchev–Trinajstić information content (AvgIpc) is 3.37. The van der Waals surface area contributed by atoms with E-state index in [1.165, 1.54) is 6.33 Å². The Labute approximate surface area is 174 Å². The summed E-state index contributed by atoms with van der Waals surface area (Å²) in [4.78, 5) is 27.8. The molecule has 0 radical (unpaired) electrons. The van der Waals surface area contributed by atoms with E-state index in [2.05, 4.69) is 30.3 Å². The third-order valence-corrected chi connectivity index (χ3v) is 5.39. The lowest BCUT2D eigenvalue weighted by atomic mass is 9.90. The first-order chi connectivity index (χ1) is 14.3. The normalized spacial score (nSPS) is 16.7. The van der Waals surface area contributed by atoms with Crippen LogP contribution in [-0.4, -0.2) is 54.4 Å². The molecule has 3 aromatic heterocycles. The summed E-state index contributed by atoms with van der Waals surface area (Å²) >= 11 is 0. The van der Waals surface area contributed by atoms with E-state index in [0.717, 1.165) is 24.3 Å². The Kier molecular flexibility index (Phi) is 5.21. The maximum absolute atomic E-state index is 12.7. The summed E-state index contributed by atoms with van der Waals surface area (Å²) in [6, 6.07) is 7.03. The molecule has 9 heteroatoms. The van der Waals surface area contributed by atoms with Gasteiger partial charge in [0.15, 0.2) is 0 Å². The molecule has 0 saturated carbocycles. The zero-order valence-corrected chi connectivity index (χ0v) is 17.3. The molecule has 1 atom stereocenters. The second kappa shape index (κ2) is 7.83. The summed E-state index contributed by atoms with van der Waals surface area (Å²) in [5, 5.41) is 17.2. The highest BCUT2D eigenvalue weighted by atomic mass is 16.3. The maximum atomic E-state index is 12.7. The molecule has 30 heavy (non-hydrogen) atoms. The number of amides is 1. The van der Waals surface area contributed by atoms with Gasteiger partial charge in [-0.3, -0.25) is 9.48 Å². The van der Waals surface area contributed by atoms with Crippen molar-refractivity contribution in [1.82, 2.24) is 24.7 Å². The quantitative estimate of drug-likeness (QED) is 0.667. The molecule has 156 valence electrons. The Hall–Kier alpha value is -3.33. The second-order valence-corrected chi connectivity index (χ2v) is 8.11. The molecular weight excluding hydrogens is 382 g/mol. The van der Waals surface area contributed by atoms with E-state index in [1.54, 1.807) is 29.1 Å². The average molecular weight is 407 g/mol. The van der Waals surface area contributed by atoms with E-state index < -0.39 is 5.60 Å². The lowest BCUT2D eigenvalue weighted by Gasteiger charge is -2.25. The fourth-order valence-corrected chi connectivity index (χ4v) is 3.59. The van der Waals surface area contributed by atoms with E-state index >= 15 is 0 Å². The molecule has 0 unspecified atom stereocenters. The van der Waals surface area contributed by atoms with Crippen LogP contribution in [0.3, 0.4) is 0 Å². The number of pyridine rings is 1. The molecular formula is C21H25N7O2. The molecule has 1 fully saturated rings. The summed E-state index contributed by atoms with van der Waals surface area (Å²) in [6.07, 6.45) is 5.87. The molecule has 4 heterocycles. The molecule has 3 aromatic rings. The zero-order chi connectivity index (χ0) is 21.3. The number of aromatic nitrogens is 5. The first-order valence-corrected chi connectivity index (χ1v) is 9.86. The number of nitrogens with zero attached hydrogens (tertiary/aromatic N) is 6. The van der Waals surface area contributed by atoms with Crippen LogP contribution in [0.15, 0.2) is 43.0 Å². The van der Waals surface area contributed by atoms with E-state index in [1.807, 2.05) is 33.2 Å². The molecule has 9 nitrogen and oxygen atoms in total. The summed E-state index contributed by atoms with van der Waals surface area (Å²) in [7, 11) is 1.83. The zero-order valence-electron chi connectivity index (χ0n) is 17.3. The summed E-state index contributed by atoms with van der Waals surface area (Å²) in [5.41, 5.74) is 1.07. The summed E-state index contributed by atoms with van der Waals surface area (Å²) < 4.78 is 1.69. The topological polar surface area (TPSA) is 109 Å².